The summed E-state index contributed by atoms with van der Waals surface area (Å²) in [4.78, 5) is 6.06. The predicted molar refractivity (Wildman–Crippen MR) is 111 cm³/mol. The molecule has 1 unspecified atom stereocenters. The molecule has 1 aromatic rings. The lowest BCUT2D eigenvalue weighted by Gasteiger charge is -2.46. The fraction of sp³-hybridized carbons (Fsp3) is 0.600. The summed E-state index contributed by atoms with van der Waals surface area (Å²) in [6.07, 6.45) is 6.76. The average Bonchev–Trinajstić information content (AvgIpc) is 3.06. The number of benzene rings is 1. The fourth-order valence-corrected chi connectivity index (χ4v) is 5.57. The van der Waals surface area contributed by atoms with Crippen molar-refractivity contribution >= 4 is 38.8 Å². The molecule has 1 atom stereocenters. The second kappa shape index (κ2) is 6.75. The smallest absolute Gasteiger partial charge is 0.162 e. The number of thiocarbonyl (C=S) groups is 1. The standard InChI is InChI=1S/C19H23BrN2OS.CH4/c1-3-16-17(24)22-19(21-16)15-10-13(20)5-4-12(15)11-18(19)8-6-14(23-2)7-9-18;/h4-5,10,14H,3,6-9,11H2,1-2H3,(H,22,24);1H4. The Bertz CT molecular complexity index is 724. The van der Waals surface area contributed by atoms with Gasteiger partial charge in [-0.15, -0.1) is 0 Å². The lowest BCUT2D eigenvalue weighted by atomic mass is 9.65. The third-order valence-electron chi connectivity index (χ3n) is 6.18. The van der Waals surface area contributed by atoms with E-state index in [1.54, 1.807) is 0 Å². The van der Waals surface area contributed by atoms with E-state index in [4.69, 9.17) is 21.9 Å². The van der Waals surface area contributed by atoms with Crippen molar-refractivity contribution in [3.63, 3.8) is 0 Å². The molecule has 1 aliphatic heterocycles. The summed E-state index contributed by atoms with van der Waals surface area (Å²) >= 11 is 9.28. The molecule has 0 radical (unpaired) electrons. The third-order valence-corrected chi connectivity index (χ3v) is 7.01. The van der Waals surface area contributed by atoms with Gasteiger partial charge in [-0.2, -0.15) is 0 Å². The maximum absolute atomic E-state index is 5.63. The third kappa shape index (κ3) is 2.70. The largest absolute Gasteiger partial charge is 0.381 e. The van der Waals surface area contributed by atoms with Crippen molar-refractivity contribution in [1.82, 2.24) is 5.32 Å². The van der Waals surface area contributed by atoms with Crippen LogP contribution in [0.4, 0.5) is 0 Å². The molecule has 3 aliphatic rings. The number of rotatable bonds is 2. The van der Waals surface area contributed by atoms with Crippen LogP contribution >= 0.6 is 28.1 Å². The summed E-state index contributed by atoms with van der Waals surface area (Å²) in [6.45, 7) is 2.14. The molecule has 1 heterocycles. The van der Waals surface area contributed by atoms with Crippen LogP contribution in [0.1, 0.15) is 57.6 Å². The lowest BCUT2D eigenvalue weighted by Crippen LogP contribution is -2.52. The van der Waals surface area contributed by atoms with Crippen LogP contribution in [0, 0.1) is 5.41 Å². The van der Waals surface area contributed by atoms with Gasteiger partial charge in [0.1, 0.15) is 4.99 Å². The molecule has 25 heavy (non-hydrogen) atoms. The topological polar surface area (TPSA) is 33.6 Å². The van der Waals surface area contributed by atoms with E-state index in [-0.39, 0.29) is 18.5 Å². The van der Waals surface area contributed by atoms with Crippen molar-refractivity contribution in [2.75, 3.05) is 7.11 Å². The molecule has 1 aromatic carbocycles. The van der Waals surface area contributed by atoms with Crippen molar-refractivity contribution in [3.8, 4) is 0 Å². The molecule has 2 spiro atoms. The number of nitrogens with one attached hydrogen (secondary N) is 1. The highest BCUT2D eigenvalue weighted by molar-refractivity contribution is 9.10. The summed E-state index contributed by atoms with van der Waals surface area (Å²) in [6, 6.07) is 6.64. The molecule has 3 nitrogen and oxygen atoms in total. The van der Waals surface area contributed by atoms with Crippen LogP contribution in [-0.4, -0.2) is 23.9 Å². The fourth-order valence-electron chi connectivity index (χ4n) is 4.87. The minimum absolute atomic E-state index is 0. The van der Waals surface area contributed by atoms with Crippen molar-refractivity contribution in [2.24, 2.45) is 10.4 Å². The number of ether oxygens (including phenoxy) is 1. The Morgan fingerprint density at radius 3 is 2.68 bits per heavy atom. The molecule has 0 amide bonds. The van der Waals surface area contributed by atoms with E-state index in [1.165, 1.54) is 11.1 Å². The van der Waals surface area contributed by atoms with Gasteiger partial charge < -0.3 is 10.1 Å². The molecule has 1 fully saturated rings. The van der Waals surface area contributed by atoms with Gasteiger partial charge in [-0.3, -0.25) is 4.99 Å². The van der Waals surface area contributed by atoms with Crippen LogP contribution < -0.4 is 5.32 Å². The highest BCUT2D eigenvalue weighted by atomic mass is 79.9. The molecule has 2 aliphatic carbocycles. The SMILES string of the molecule is C.CCC1=NC2(NC1=S)c1cc(Br)ccc1CC21CCC(OC)CC1. The van der Waals surface area contributed by atoms with Gasteiger partial charge in [-0.1, -0.05) is 48.6 Å². The number of fused-ring (bicyclic) bond motifs is 3. The Hall–Kier alpha value is -0.780. The minimum Gasteiger partial charge on any atom is -0.381 e. The Morgan fingerprint density at radius 2 is 2.08 bits per heavy atom. The van der Waals surface area contributed by atoms with Gasteiger partial charge in [0.25, 0.3) is 0 Å². The first-order valence-electron chi connectivity index (χ1n) is 8.76. The molecule has 4 rings (SSSR count). The van der Waals surface area contributed by atoms with E-state index in [1.807, 2.05) is 7.11 Å². The maximum Gasteiger partial charge on any atom is 0.162 e. The van der Waals surface area contributed by atoms with E-state index in [0.717, 1.165) is 53.7 Å². The molecule has 1 saturated carbocycles. The molecule has 1 N–H and O–H groups in total. The number of nitrogens with zero attached hydrogens (tertiary/aromatic N) is 1. The zero-order chi connectivity index (χ0) is 16.9. The normalized spacial score (nSPS) is 33.2. The van der Waals surface area contributed by atoms with Gasteiger partial charge in [-0.25, -0.2) is 0 Å². The van der Waals surface area contributed by atoms with Gasteiger partial charge >= 0.3 is 0 Å². The van der Waals surface area contributed by atoms with E-state index in [2.05, 4.69) is 46.4 Å². The number of hydrogen-bond donors (Lipinski definition) is 1. The molecule has 5 heteroatoms. The molecule has 0 aromatic heterocycles. The Kier molecular flexibility index (Phi) is 5.13. The summed E-state index contributed by atoms with van der Waals surface area (Å²) in [5, 5.41) is 3.67. The summed E-state index contributed by atoms with van der Waals surface area (Å²) < 4.78 is 6.72. The van der Waals surface area contributed by atoms with Crippen LogP contribution in [0.25, 0.3) is 0 Å². The average molecular weight is 423 g/mol. The number of methoxy groups -OCH3 is 1. The van der Waals surface area contributed by atoms with Gasteiger partial charge in [0.05, 0.1) is 11.8 Å². The number of halogens is 1. The van der Waals surface area contributed by atoms with Gasteiger partial charge in [-0.05, 0) is 56.2 Å². The van der Waals surface area contributed by atoms with Crippen LogP contribution in [0.3, 0.4) is 0 Å². The van der Waals surface area contributed by atoms with Crippen molar-refractivity contribution in [1.29, 1.82) is 0 Å². The first-order valence-corrected chi connectivity index (χ1v) is 9.96. The Labute approximate surface area is 164 Å². The zero-order valence-corrected chi connectivity index (χ0v) is 16.6. The second-order valence-corrected chi connectivity index (χ2v) is 8.59. The molecule has 0 saturated heterocycles. The summed E-state index contributed by atoms with van der Waals surface area (Å²) in [5.74, 6) is 0. The minimum atomic E-state index is -0.382. The van der Waals surface area contributed by atoms with Crippen LogP contribution in [0.5, 0.6) is 0 Å². The van der Waals surface area contributed by atoms with Gasteiger partial charge in [0.15, 0.2) is 5.66 Å². The van der Waals surface area contributed by atoms with E-state index >= 15 is 0 Å². The Morgan fingerprint density at radius 1 is 1.36 bits per heavy atom. The van der Waals surface area contributed by atoms with Crippen LogP contribution in [0.15, 0.2) is 27.7 Å². The molecular weight excluding hydrogens is 396 g/mol. The molecular formula is C20H27BrN2OS. The quantitative estimate of drug-likeness (QED) is 0.668. The summed E-state index contributed by atoms with van der Waals surface area (Å²) in [7, 11) is 1.83. The van der Waals surface area contributed by atoms with Gasteiger partial charge in [0.2, 0.25) is 0 Å². The summed E-state index contributed by atoms with van der Waals surface area (Å²) in [5.41, 5.74) is 3.48. The molecule has 0 bridgehead atoms. The highest BCUT2D eigenvalue weighted by Gasteiger charge is 2.61. The number of aliphatic imine (C=N–C) groups is 1. The zero-order valence-electron chi connectivity index (χ0n) is 14.2. The first-order chi connectivity index (χ1) is 11.5. The maximum atomic E-state index is 5.63. The van der Waals surface area contributed by atoms with E-state index in [9.17, 15) is 0 Å². The monoisotopic (exact) mass is 422 g/mol. The second-order valence-electron chi connectivity index (χ2n) is 7.27. The van der Waals surface area contributed by atoms with E-state index < -0.39 is 0 Å². The van der Waals surface area contributed by atoms with Crippen molar-refractivity contribution in [2.45, 2.75) is 64.6 Å². The van der Waals surface area contributed by atoms with Crippen LogP contribution in [-0.2, 0) is 16.8 Å². The van der Waals surface area contributed by atoms with E-state index in [0.29, 0.717) is 6.10 Å². The van der Waals surface area contributed by atoms with Crippen LogP contribution in [0.2, 0.25) is 0 Å². The molecule has 136 valence electrons. The number of hydrogen-bond acceptors (Lipinski definition) is 3. The Balaban J connectivity index is 0.00000182. The van der Waals surface area contributed by atoms with Gasteiger partial charge in [0, 0.05) is 22.6 Å². The van der Waals surface area contributed by atoms with Crippen molar-refractivity contribution < 1.29 is 4.74 Å². The lowest BCUT2D eigenvalue weighted by molar-refractivity contribution is -0.00615. The van der Waals surface area contributed by atoms with Crippen molar-refractivity contribution in [3.05, 3.63) is 33.8 Å². The first kappa shape index (κ1) is 19.0. The predicted octanol–water partition coefficient (Wildman–Crippen LogP) is 5.15. The highest BCUT2D eigenvalue weighted by Crippen LogP contribution is 2.60.